The van der Waals surface area contributed by atoms with Crippen molar-refractivity contribution in [2.75, 3.05) is 12.4 Å². The van der Waals surface area contributed by atoms with E-state index in [0.29, 0.717) is 12.6 Å². The maximum absolute atomic E-state index is 5.34. The lowest BCUT2D eigenvalue weighted by Crippen LogP contribution is -2.18. The Kier molecular flexibility index (Phi) is 6.95. The van der Waals surface area contributed by atoms with E-state index in [-0.39, 0.29) is 0 Å². The average Bonchev–Trinajstić information content (AvgIpc) is 3.20. The molecule has 5 nitrogen and oxygen atoms in total. The fraction of sp³-hybridized carbons (Fsp3) is 0.417. The molecule has 1 N–H and O–H groups in total. The Morgan fingerprint density at radius 2 is 1.90 bits per heavy atom. The summed E-state index contributed by atoms with van der Waals surface area (Å²) in [6.07, 6.45) is 6.33. The van der Waals surface area contributed by atoms with Gasteiger partial charge in [-0.15, -0.1) is 10.2 Å². The molecule has 6 heteroatoms. The SMILES string of the molecule is COc1cccc(NCc2nnc(SCc3cccc(C)c3)n2C2CCCCC2)c1. The van der Waals surface area contributed by atoms with Gasteiger partial charge in [0.15, 0.2) is 11.0 Å². The van der Waals surface area contributed by atoms with Crippen LogP contribution in [0.15, 0.2) is 53.7 Å². The van der Waals surface area contributed by atoms with Gasteiger partial charge in [-0.05, 0) is 37.5 Å². The first-order chi connectivity index (χ1) is 14.7. The molecule has 4 rings (SSSR count). The number of benzene rings is 2. The highest BCUT2D eigenvalue weighted by molar-refractivity contribution is 7.98. The van der Waals surface area contributed by atoms with Crippen molar-refractivity contribution < 1.29 is 4.74 Å². The van der Waals surface area contributed by atoms with Gasteiger partial charge >= 0.3 is 0 Å². The largest absolute Gasteiger partial charge is 0.497 e. The molecular weight excluding hydrogens is 392 g/mol. The molecule has 1 saturated carbocycles. The van der Waals surface area contributed by atoms with Gasteiger partial charge in [0.25, 0.3) is 0 Å². The van der Waals surface area contributed by atoms with E-state index < -0.39 is 0 Å². The molecule has 2 aromatic carbocycles. The summed E-state index contributed by atoms with van der Waals surface area (Å²) in [6.45, 7) is 2.79. The summed E-state index contributed by atoms with van der Waals surface area (Å²) in [5, 5.41) is 13.7. The molecule has 1 aromatic heterocycles. The summed E-state index contributed by atoms with van der Waals surface area (Å²) in [5.74, 6) is 2.77. The minimum Gasteiger partial charge on any atom is -0.497 e. The van der Waals surface area contributed by atoms with E-state index in [2.05, 4.69) is 57.3 Å². The highest BCUT2D eigenvalue weighted by Gasteiger charge is 2.23. The predicted molar refractivity (Wildman–Crippen MR) is 123 cm³/mol. The third kappa shape index (κ3) is 5.17. The first kappa shape index (κ1) is 20.8. The fourth-order valence-electron chi connectivity index (χ4n) is 4.10. The van der Waals surface area contributed by atoms with Crippen LogP contribution in [-0.2, 0) is 12.3 Å². The number of rotatable bonds is 8. The van der Waals surface area contributed by atoms with E-state index in [9.17, 15) is 0 Å². The maximum atomic E-state index is 5.34. The summed E-state index contributed by atoms with van der Waals surface area (Å²) >= 11 is 1.79. The second-order valence-corrected chi connectivity index (χ2v) is 8.87. The Labute approximate surface area is 183 Å². The number of hydrogen-bond donors (Lipinski definition) is 1. The Bertz CT molecular complexity index is 965. The maximum Gasteiger partial charge on any atom is 0.191 e. The van der Waals surface area contributed by atoms with Gasteiger partial charge in [-0.2, -0.15) is 0 Å². The molecule has 1 aliphatic carbocycles. The quantitative estimate of drug-likeness (QED) is 0.451. The van der Waals surface area contributed by atoms with E-state index in [1.807, 2.05) is 18.2 Å². The molecule has 0 unspecified atom stereocenters. The van der Waals surface area contributed by atoms with Crippen LogP contribution in [0.1, 0.15) is 55.1 Å². The lowest BCUT2D eigenvalue weighted by molar-refractivity contribution is 0.330. The summed E-state index contributed by atoms with van der Waals surface area (Å²) in [7, 11) is 1.69. The van der Waals surface area contributed by atoms with Crippen LogP contribution in [0.4, 0.5) is 5.69 Å². The van der Waals surface area contributed by atoms with Crippen molar-refractivity contribution >= 4 is 17.4 Å². The lowest BCUT2D eigenvalue weighted by Gasteiger charge is -2.25. The monoisotopic (exact) mass is 422 g/mol. The number of ether oxygens (including phenoxy) is 1. The van der Waals surface area contributed by atoms with Crippen LogP contribution in [0, 0.1) is 6.92 Å². The number of nitrogens with zero attached hydrogens (tertiary/aromatic N) is 3. The first-order valence-electron chi connectivity index (χ1n) is 10.7. The van der Waals surface area contributed by atoms with Crippen molar-refractivity contribution in [1.29, 1.82) is 0 Å². The number of methoxy groups -OCH3 is 1. The van der Waals surface area contributed by atoms with Gasteiger partial charge in [0, 0.05) is 23.5 Å². The van der Waals surface area contributed by atoms with Crippen molar-refractivity contribution in [3.8, 4) is 5.75 Å². The molecule has 1 aliphatic rings. The van der Waals surface area contributed by atoms with Gasteiger partial charge in [0.05, 0.1) is 13.7 Å². The van der Waals surface area contributed by atoms with Gasteiger partial charge in [0.2, 0.25) is 0 Å². The summed E-state index contributed by atoms with van der Waals surface area (Å²) in [6, 6.07) is 17.2. The number of aryl methyl sites for hydroxylation is 1. The highest BCUT2D eigenvalue weighted by Crippen LogP contribution is 2.34. The molecule has 158 valence electrons. The summed E-state index contributed by atoms with van der Waals surface area (Å²) < 4.78 is 7.73. The topological polar surface area (TPSA) is 52.0 Å². The lowest BCUT2D eigenvalue weighted by atomic mass is 9.95. The fourth-order valence-corrected chi connectivity index (χ4v) is 5.06. The zero-order chi connectivity index (χ0) is 20.8. The Hall–Kier alpha value is -2.47. The molecule has 1 heterocycles. The van der Waals surface area contributed by atoms with Gasteiger partial charge in [-0.1, -0.05) is 66.9 Å². The molecule has 1 fully saturated rings. The first-order valence-corrected chi connectivity index (χ1v) is 11.7. The molecule has 0 bridgehead atoms. The van der Waals surface area contributed by atoms with E-state index in [1.165, 1.54) is 43.2 Å². The van der Waals surface area contributed by atoms with Crippen molar-refractivity contribution in [2.45, 2.75) is 62.5 Å². The molecular formula is C24H30N4OS. The van der Waals surface area contributed by atoms with Crippen LogP contribution in [-0.4, -0.2) is 21.9 Å². The molecule has 0 spiro atoms. The van der Waals surface area contributed by atoms with E-state index >= 15 is 0 Å². The molecule has 0 atom stereocenters. The van der Waals surface area contributed by atoms with Crippen LogP contribution in [0.25, 0.3) is 0 Å². The Balaban J connectivity index is 1.52. The Morgan fingerprint density at radius 3 is 2.70 bits per heavy atom. The van der Waals surface area contributed by atoms with Gasteiger partial charge in [-0.3, -0.25) is 0 Å². The van der Waals surface area contributed by atoms with Crippen molar-refractivity contribution in [3.05, 3.63) is 65.5 Å². The molecule has 3 aromatic rings. The smallest absolute Gasteiger partial charge is 0.191 e. The van der Waals surface area contributed by atoms with Crippen LogP contribution < -0.4 is 10.1 Å². The number of hydrogen-bond acceptors (Lipinski definition) is 5. The van der Waals surface area contributed by atoms with Crippen molar-refractivity contribution in [1.82, 2.24) is 14.8 Å². The molecule has 0 amide bonds. The van der Waals surface area contributed by atoms with Crippen LogP contribution in [0.5, 0.6) is 5.75 Å². The van der Waals surface area contributed by atoms with E-state index in [1.54, 1.807) is 18.9 Å². The standard InChI is InChI=1S/C24H30N4OS/c1-18-8-6-9-19(14-18)17-30-24-27-26-23(28(24)21-11-4-3-5-12-21)16-25-20-10-7-13-22(15-20)29-2/h6-10,13-15,21,25H,3-5,11-12,16-17H2,1-2H3. The molecule has 0 aliphatic heterocycles. The average molecular weight is 423 g/mol. The normalized spacial score (nSPS) is 14.6. The summed E-state index contributed by atoms with van der Waals surface area (Å²) in [5.41, 5.74) is 3.65. The van der Waals surface area contributed by atoms with Gasteiger partial charge in [-0.25, -0.2) is 0 Å². The molecule has 0 saturated heterocycles. The number of anilines is 1. The van der Waals surface area contributed by atoms with Crippen molar-refractivity contribution in [3.63, 3.8) is 0 Å². The van der Waals surface area contributed by atoms with Crippen LogP contribution in [0.3, 0.4) is 0 Å². The second kappa shape index (κ2) is 10.0. The third-order valence-corrected chi connectivity index (χ3v) is 6.66. The van der Waals surface area contributed by atoms with Gasteiger partial charge < -0.3 is 14.6 Å². The van der Waals surface area contributed by atoms with Gasteiger partial charge in [0.1, 0.15) is 5.75 Å². The predicted octanol–water partition coefficient (Wildman–Crippen LogP) is 6.00. The Morgan fingerprint density at radius 1 is 1.07 bits per heavy atom. The molecule has 0 radical (unpaired) electrons. The minimum atomic E-state index is 0.496. The number of aromatic nitrogens is 3. The second-order valence-electron chi connectivity index (χ2n) is 7.92. The van der Waals surface area contributed by atoms with Crippen LogP contribution in [0.2, 0.25) is 0 Å². The highest BCUT2D eigenvalue weighted by atomic mass is 32.2. The number of thioether (sulfide) groups is 1. The minimum absolute atomic E-state index is 0.496. The molecule has 30 heavy (non-hydrogen) atoms. The third-order valence-electron chi connectivity index (χ3n) is 5.65. The summed E-state index contributed by atoms with van der Waals surface area (Å²) in [4.78, 5) is 0. The number of nitrogens with one attached hydrogen (secondary N) is 1. The van der Waals surface area contributed by atoms with E-state index in [4.69, 9.17) is 4.74 Å². The van der Waals surface area contributed by atoms with Crippen molar-refractivity contribution in [2.24, 2.45) is 0 Å². The zero-order valence-corrected chi connectivity index (χ0v) is 18.6. The van der Waals surface area contributed by atoms with E-state index in [0.717, 1.165) is 28.2 Å². The van der Waals surface area contributed by atoms with Crippen LogP contribution >= 0.6 is 11.8 Å². The zero-order valence-electron chi connectivity index (χ0n) is 17.8.